The van der Waals surface area contributed by atoms with Crippen LogP contribution < -0.4 is 4.90 Å². The highest BCUT2D eigenvalue weighted by Gasteiger charge is 2.26. The van der Waals surface area contributed by atoms with Gasteiger partial charge in [0.1, 0.15) is 12.0 Å². The summed E-state index contributed by atoms with van der Waals surface area (Å²) in [5.41, 5.74) is 3.29. The first-order chi connectivity index (χ1) is 13.6. The first kappa shape index (κ1) is 19.5. The molecule has 3 heterocycles. The molecule has 0 spiro atoms. The lowest BCUT2D eigenvalue weighted by molar-refractivity contribution is -0.0540. The average Bonchev–Trinajstić information content (AvgIpc) is 3.15. The molecule has 0 radical (unpaired) electrons. The zero-order valence-electron chi connectivity index (χ0n) is 17.4. The second kappa shape index (κ2) is 8.66. The van der Waals surface area contributed by atoms with Gasteiger partial charge in [-0.1, -0.05) is 12.1 Å². The molecule has 4 rings (SSSR count). The van der Waals surface area contributed by atoms with Crippen molar-refractivity contribution in [3.05, 3.63) is 36.4 Å². The summed E-state index contributed by atoms with van der Waals surface area (Å²) in [7, 11) is 0. The van der Waals surface area contributed by atoms with E-state index >= 15 is 0 Å². The largest absolute Gasteiger partial charge is 0.449 e. The van der Waals surface area contributed by atoms with E-state index in [-0.39, 0.29) is 0 Å². The number of benzene rings is 1. The molecule has 28 heavy (non-hydrogen) atoms. The number of aromatic nitrogens is 1. The molecule has 2 fully saturated rings. The Labute approximate surface area is 168 Å². The molecule has 2 saturated heterocycles. The minimum absolute atomic E-state index is 0.421. The van der Waals surface area contributed by atoms with Crippen molar-refractivity contribution in [1.82, 2.24) is 9.88 Å². The van der Waals surface area contributed by atoms with Crippen molar-refractivity contribution in [2.75, 3.05) is 31.1 Å². The minimum Gasteiger partial charge on any atom is -0.449 e. The number of piperidine rings is 2. The molecule has 2 aromatic rings. The Balaban J connectivity index is 1.25. The SMILES string of the molecule is Cc1nc(-c2ccc(N3CCC(OC4CCN(C(C)C)CC4)CC3)cc2)co1. The Hall–Kier alpha value is -1.85. The van der Waals surface area contributed by atoms with Gasteiger partial charge in [-0.25, -0.2) is 4.98 Å². The highest BCUT2D eigenvalue weighted by atomic mass is 16.5. The van der Waals surface area contributed by atoms with E-state index in [0.717, 1.165) is 37.2 Å². The third-order valence-electron chi connectivity index (χ3n) is 6.18. The Bertz CT molecular complexity index is 739. The third-order valence-corrected chi connectivity index (χ3v) is 6.18. The number of ether oxygens (including phenoxy) is 1. The van der Waals surface area contributed by atoms with E-state index in [9.17, 15) is 0 Å². The minimum atomic E-state index is 0.421. The van der Waals surface area contributed by atoms with Gasteiger partial charge in [0.05, 0.1) is 12.2 Å². The zero-order valence-corrected chi connectivity index (χ0v) is 17.4. The van der Waals surface area contributed by atoms with Gasteiger partial charge in [-0.3, -0.25) is 0 Å². The monoisotopic (exact) mass is 383 g/mol. The van der Waals surface area contributed by atoms with Gasteiger partial charge in [0, 0.05) is 50.4 Å². The number of anilines is 1. The summed E-state index contributed by atoms with van der Waals surface area (Å²) in [5.74, 6) is 0.705. The fraction of sp³-hybridized carbons (Fsp3) is 0.609. The summed E-state index contributed by atoms with van der Waals surface area (Å²) >= 11 is 0. The van der Waals surface area contributed by atoms with Gasteiger partial charge in [0.2, 0.25) is 0 Å². The van der Waals surface area contributed by atoms with Crippen LogP contribution >= 0.6 is 0 Å². The highest BCUT2D eigenvalue weighted by Crippen LogP contribution is 2.27. The second-order valence-electron chi connectivity index (χ2n) is 8.45. The number of hydrogen-bond donors (Lipinski definition) is 0. The molecule has 0 N–H and O–H groups in total. The van der Waals surface area contributed by atoms with Crippen molar-refractivity contribution in [3.63, 3.8) is 0 Å². The van der Waals surface area contributed by atoms with E-state index < -0.39 is 0 Å². The summed E-state index contributed by atoms with van der Waals surface area (Å²) in [4.78, 5) is 9.44. The molecule has 0 bridgehead atoms. The van der Waals surface area contributed by atoms with Crippen LogP contribution in [0.1, 0.15) is 45.4 Å². The van der Waals surface area contributed by atoms with Gasteiger partial charge in [-0.05, 0) is 51.7 Å². The van der Waals surface area contributed by atoms with Crippen molar-refractivity contribution < 1.29 is 9.15 Å². The molecule has 0 atom stereocenters. The lowest BCUT2D eigenvalue weighted by Gasteiger charge is -2.38. The fourth-order valence-corrected chi connectivity index (χ4v) is 4.39. The maximum absolute atomic E-state index is 6.45. The Morgan fingerprint density at radius 3 is 2.11 bits per heavy atom. The molecule has 5 heteroatoms. The molecular weight excluding hydrogens is 350 g/mol. The average molecular weight is 384 g/mol. The smallest absolute Gasteiger partial charge is 0.191 e. The van der Waals surface area contributed by atoms with Crippen molar-refractivity contribution in [3.8, 4) is 11.3 Å². The van der Waals surface area contributed by atoms with Crippen LogP contribution in [0, 0.1) is 6.92 Å². The molecule has 2 aliphatic heterocycles. The van der Waals surface area contributed by atoms with Crippen LogP contribution in [-0.2, 0) is 4.74 Å². The highest BCUT2D eigenvalue weighted by molar-refractivity contribution is 5.62. The van der Waals surface area contributed by atoms with Crippen LogP contribution in [0.3, 0.4) is 0 Å². The number of aryl methyl sites for hydroxylation is 1. The lowest BCUT2D eigenvalue weighted by Crippen LogP contribution is -2.43. The van der Waals surface area contributed by atoms with E-state index in [4.69, 9.17) is 9.15 Å². The second-order valence-corrected chi connectivity index (χ2v) is 8.45. The number of oxazole rings is 1. The maximum Gasteiger partial charge on any atom is 0.191 e. The standard InChI is InChI=1S/C23H33N3O2/c1-17(2)25-12-8-21(9-13-25)28-22-10-14-26(15-11-22)20-6-4-19(5-7-20)23-16-27-18(3)24-23/h4-7,16-17,21-22H,8-15H2,1-3H3. The van der Waals surface area contributed by atoms with Gasteiger partial charge in [0.15, 0.2) is 5.89 Å². The molecular formula is C23H33N3O2. The van der Waals surface area contributed by atoms with E-state index in [2.05, 4.69) is 52.9 Å². The topological polar surface area (TPSA) is 41.7 Å². The molecule has 5 nitrogen and oxygen atoms in total. The van der Waals surface area contributed by atoms with Crippen molar-refractivity contribution in [2.24, 2.45) is 0 Å². The van der Waals surface area contributed by atoms with Gasteiger partial charge in [-0.15, -0.1) is 0 Å². The molecule has 0 aliphatic carbocycles. The molecule has 2 aliphatic rings. The van der Waals surface area contributed by atoms with Crippen molar-refractivity contribution in [2.45, 2.75) is 64.7 Å². The normalized spacial score (nSPS) is 20.2. The fourth-order valence-electron chi connectivity index (χ4n) is 4.39. The summed E-state index contributed by atoms with van der Waals surface area (Å²) in [5, 5.41) is 0. The predicted molar refractivity (Wildman–Crippen MR) is 113 cm³/mol. The summed E-state index contributed by atoms with van der Waals surface area (Å²) < 4.78 is 11.8. The molecule has 1 aromatic heterocycles. The van der Waals surface area contributed by atoms with Crippen molar-refractivity contribution in [1.29, 1.82) is 0 Å². The van der Waals surface area contributed by atoms with E-state index in [1.807, 2.05) is 6.92 Å². The molecule has 0 saturated carbocycles. The summed E-state index contributed by atoms with van der Waals surface area (Å²) in [6.45, 7) is 10.9. The van der Waals surface area contributed by atoms with Crippen LogP contribution in [-0.4, -0.2) is 54.3 Å². The Morgan fingerprint density at radius 2 is 1.57 bits per heavy atom. The number of likely N-dealkylation sites (tertiary alicyclic amines) is 1. The van der Waals surface area contributed by atoms with E-state index in [1.54, 1.807) is 6.26 Å². The Morgan fingerprint density at radius 1 is 0.964 bits per heavy atom. The van der Waals surface area contributed by atoms with Crippen LogP contribution in [0.25, 0.3) is 11.3 Å². The van der Waals surface area contributed by atoms with Crippen LogP contribution in [0.5, 0.6) is 0 Å². The Kier molecular flexibility index (Phi) is 6.02. The number of hydrogen-bond acceptors (Lipinski definition) is 5. The molecule has 0 unspecified atom stereocenters. The van der Waals surface area contributed by atoms with Crippen molar-refractivity contribution >= 4 is 5.69 Å². The van der Waals surface area contributed by atoms with E-state index in [0.29, 0.717) is 24.1 Å². The van der Waals surface area contributed by atoms with Gasteiger partial charge in [0.25, 0.3) is 0 Å². The zero-order chi connectivity index (χ0) is 19.5. The van der Waals surface area contributed by atoms with Crippen LogP contribution in [0.15, 0.2) is 34.9 Å². The van der Waals surface area contributed by atoms with Gasteiger partial charge in [-0.2, -0.15) is 0 Å². The lowest BCUT2D eigenvalue weighted by atomic mass is 10.0. The molecule has 0 amide bonds. The first-order valence-corrected chi connectivity index (χ1v) is 10.8. The summed E-state index contributed by atoms with van der Waals surface area (Å²) in [6.07, 6.45) is 7.20. The third kappa shape index (κ3) is 4.58. The van der Waals surface area contributed by atoms with Crippen LogP contribution in [0.2, 0.25) is 0 Å². The number of nitrogens with zero attached hydrogens (tertiary/aromatic N) is 3. The van der Waals surface area contributed by atoms with Gasteiger partial charge >= 0.3 is 0 Å². The van der Waals surface area contributed by atoms with Gasteiger partial charge < -0.3 is 19.0 Å². The first-order valence-electron chi connectivity index (χ1n) is 10.8. The number of rotatable bonds is 5. The van der Waals surface area contributed by atoms with E-state index in [1.165, 1.54) is 31.6 Å². The molecule has 152 valence electrons. The van der Waals surface area contributed by atoms with Crippen LogP contribution in [0.4, 0.5) is 5.69 Å². The maximum atomic E-state index is 6.45. The predicted octanol–water partition coefficient (Wildman–Crippen LogP) is 4.51. The summed E-state index contributed by atoms with van der Waals surface area (Å²) in [6, 6.07) is 9.32. The molecule has 1 aromatic carbocycles. The quantitative estimate of drug-likeness (QED) is 0.760.